The van der Waals surface area contributed by atoms with Crippen LogP contribution in [0.5, 0.6) is 0 Å². The second kappa shape index (κ2) is 3.31. The third-order valence-corrected chi connectivity index (χ3v) is 3.30. The normalized spacial score (nSPS) is 15.2. The van der Waals surface area contributed by atoms with Gasteiger partial charge in [0.25, 0.3) is 0 Å². The minimum Gasteiger partial charge on any atom is -0.262 e. The highest BCUT2D eigenvalue weighted by molar-refractivity contribution is 5.98. The van der Waals surface area contributed by atoms with Crippen LogP contribution in [0.4, 0.5) is 5.69 Å². The molecule has 5 heteroatoms. The molecule has 5 nitrogen and oxygen atoms in total. The van der Waals surface area contributed by atoms with Crippen LogP contribution in [0.15, 0.2) is 23.7 Å². The van der Waals surface area contributed by atoms with Crippen molar-refractivity contribution in [1.29, 1.82) is 0 Å². The van der Waals surface area contributed by atoms with Gasteiger partial charge in [-0.2, -0.15) is 0 Å². The number of nitrogens with zero attached hydrogens (tertiary/aromatic N) is 5. The number of imidazole rings is 1. The van der Waals surface area contributed by atoms with Crippen molar-refractivity contribution in [1.82, 2.24) is 9.55 Å². The Balaban J connectivity index is 2.44. The summed E-state index contributed by atoms with van der Waals surface area (Å²) in [4.78, 5) is 4.54. The number of pyridine rings is 1. The molecule has 0 fully saturated rings. The molecular formula is C13H18N5+. The molecule has 0 atom stereocenters. The van der Waals surface area contributed by atoms with Gasteiger partial charge in [0.15, 0.2) is 12.2 Å². The molecule has 0 aliphatic carbocycles. The van der Waals surface area contributed by atoms with Crippen molar-refractivity contribution in [2.75, 3.05) is 12.1 Å². The highest BCUT2D eigenvalue weighted by Crippen LogP contribution is 2.27. The largest absolute Gasteiger partial charge is 0.304 e. The Kier molecular flexibility index (Phi) is 2.06. The summed E-state index contributed by atoms with van der Waals surface area (Å²) in [5.41, 5.74) is 3.22. The van der Waals surface area contributed by atoms with Gasteiger partial charge in [-0.05, 0) is 20.8 Å². The molecule has 3 rings (SSSR count). The fourth-order valence-electron chi connectivity index (χ4n) is 2.38. The smallest absolute Gasteiger partial charge is 0.262 e. The van der Waals surface area contributed by atoms with Gasteiger partial charge in [-0.15, -0.1) is 10.1 Å². The Hall–Kier alpha value is -1.91. The molecule has 94 valence electrons. The van der Waals surface area contributed by atoms with Crippen molar-refractivity contribution in [2.45, 2.75) is 33.2 Å². The van der Waals surface area contributed by atoms with Crippen LogP contribution in [-0.4, -0.2) is 22.4 Å². The summed E-state index contributed by atoms with van der Waals surface area (Å²) in [5, 5.41) is 6.43. The molecule has 1 aliphatic rings. The Morgan fingerprint density at radius 3 is 2.67 bits per heavy atom. The van der Waals surface area contributed by atoms with E-state index in [0.717, 1.165) is 22.7 Å². The van der Waals surface area contributed by atoms with Crippen molar-refractivity contribution < 1.29 is 4.57 Å². The van der Waals surface area contributed by atoms with Crippen molar-refractivity contribution in [3.05, 3.63) is 18.6 Å². The molecule has 0 bridgehead atoms. The monoisotopic (exact) mass is 244 g/mol. The number of hydrazone groups is 1. The summed E-state index contributed by atoms with van der Waals surface area (Å²) in [6.45, 7) is 8.55. The SMILES string of the molecule is CC1=NN(C)c2ccnc3c2n1c[n+]3C(C)(C)C. The third-order valence-electron chi connectivity index (χ3n) is 3.30. The summed E-state index contributed by atoms with van der Waals surface area (Å²) in [5.74, 6) is 0.964. The maximum atomic E-state index is 4.54. The minimum absolute atomic E-state index is 0.00167. The van der Waals surface area contributed by atoms with Crippen LogP contribution >= 0.6 is 0 Å². The van der Waals surface area contributed by atoms with E-state index in [0.29, 0.717) is 0 Å². The lowest BCUT2D eigenvalue weighted by Crippen LogP contribution is -2.49. The zero-order valence-corrected chi connectivity index (χ0v) is 11.5. The van der Waals surface area contributed by atoms with E-state index in [2.05, 4.69) is 46.3 Å². The average molecular weight is 244 g/mol. The first-order valence-electron chi connectivity index (χ1n) is 6.11. The van der Waals surface area contributed by atoms with E-state index in [1.807, 2.05) is 31.2 Å². The fourth-order valence-corrected chi connectivity index (χ4v) is 2.38. The summed E-state index contributed by atoms with van der Waals surface area (Å²) in [6.07, 6.45) is 3.93. The quantitative estimate of drug-likeness (QED) is 0.662. The molecule has 0 amide bonds. The van der Waals surface area contributed by atoms with Crippen molar-refractivity contribution in [3.63, 3.8) is 0 Å². The van der Waals surface area contributed by atoms with Gasteiger partial charge in [0.2, 0.25) is 5.52 Å². The van der Waals surface area contributed by atoms with Gasteiger partial charge in [-0.1, -0.05) is 0 Å². The molecule has 0 aromatic carbocycles. The summed E-state index contributed by atoms with van der Waals surface area (Å²) >= 11 is 0. The second-order valence-corrected chi connectivity index (χ2v) is 5.70. The van der Waals surface area contributed by atoms with Crippen molar-refractivity contribution >= 4 is 22.7 Å². The zero-order valence-electron chi connectivity index (χ0n) is 11.5. The van der Waals surface area contributed by atoms with E-state index in [1.54, 1.807) is 0 Å². The summed E-state index contributed by atoms with van der Waals surface area (Å²) in [7, 11) is 1.97. The number of rotatable bonds is 0. The first kappa shape index (κ1) is 11.2. The molecule has 3 heterocycles. The lowest BCUT2D eigenvalue weighted by molar-refractivity contribution is -0.732. The van der Waals surface area contributed by atoms with E-state index in [4.69, 9.17) is 0 Å². The highest BCUT2D eigenvalue weighted by atomic mass is 15.5. The van der Waals surface area contributed by atoms with Crippen LogP contribution in [0.25, 0.3) is 11.2 Å². The van der Waals surface area contributed by atoms with Gasteiger partial charge in [-0.25, -0.2) is 9.13 Å². The molecule has 0 radical (unpaired) electrons. The van der Waals surface area contributed by atoms with Gasteiger partial charge in [0.1, 0.15) is 11.9 Å². The molecule has 18 heavy (non-hydrogen) atoms. The van der Waals surface area contributed by atoms with Crippen LogP contribution in [0.3, 0.4) is 0 Å². The fraction of sp³-hybridized carbons (Fsp3) is 0.462. The maximum absolute atomic E-state index is 4.54. The lowest BCUT2D eigenvalue weighted by atomic mass is 10.1. The molecule has 2 aromatic heterocycles. The number of aromatic nitrogens is 3. The van der Waals surface area contributed by atoms with Crippen LogP contribution < -0.4 is 9.58 Å². The first-order valence-corrected chi connectivity index (χ1v) is 6.11. The van der Waals surface area contributed by atoms with Crippen LogP contribution in [-0.2, 0) is 5.54 Å². The zero-order chi connectivity index (χ0) is 13.1. The van der Waals surface area contributed by atoms with Gasteiger partial charge in [0.05, 0.1) is 5.54 Å². The maximum Gasteiger partial charge on any atom is 0.304 e. The highest BCUT2D eigenvalue weighted by Gasteiger charge is 2.31. The van der Waals surface area contributed by atoms with E-state index < -0.39 is 0 Å². The second-order valence-electron chi connectivity index (χ2n) is 5.70. The van der Waals surface area contributed by atoms with Gasteiger partial charge in [-0.3, -0.25) is 5.01 Å². The first-order chi connectivity index (χ1) is 8.39. The van der Waals surface area contributed by atoms with E-state index in [1.165, 1.54) is 0 Å². The topological polar surface area (TPSA) is 37.3 Å². The van der Waals surface area contributed by atoms with E-state index in [9.17, 15) is 0 Å². The Morgan fingerprint density at radius 2 is 2.00 bits per heavy atom. The standard InChI is InChI=1S/C13H18N5/c1-9-15-16(5)10-6-7-14-12-11(10)17(9)8-18(12)13(2,3)4/h6-8H,1-5H3/q+1. The molecular weight excluding hydrogens is 226 g/mol. The number of hydrogen-bond donors (Lipinski definition) is 0. The third kappa shape index (κ3) is 1.36. The lowest BCUT2D eigenvalue weighted by Gasteiger charge is -2.17. The molecule has 2 aromatic rings. The predicted octanol–water partition coefficient (Wildman–Crippen LogP) is 1.71. The average Bonchev–Trinajstić information content (AvgIpc) is 2.66. The van der Waals surface area contributed by atoms with Gasteiger partial charge >= 0.3 is 5.65 Å². The van der Waals surface area contributed by atoms with Gasteiger partial charge < -0.3 is 0 Å². The Bertz CT molecular complexity index is 660. The van der Waals surface area contributed by atoms with E-state index >= 15 is 0 Å². The van der Waals surface area contributed by atoms with Crippen LogP contribution in [0, 0.1) is 0 Å². The van der Waals surface area contributed by atoms with Crippen LogP contribution in [0.2, 0.25) is 0 Å². The molecule has 0 saturated carbocycles. The molecule has 0 unspecified atom stereocenters. The molecule has 0 spiro atoms. The van der Waals surface area contributed by atoms with Gasteiger partial charge in [0, 0.05) is 20.0 Å². The Morgan fingerprint density at radius 1 is 1.28 bits per heavy atom. The summed E-state index contributed by atoms with van der Waals surface area (Å²) in [6, 6.07) is 2.00. The number of anilines is 1. The Labute approximate surface area is 106 Å². The number of hydrogen-bond acceptors (Lipinski definition) is 3. The molecule has 0 N–H and O–H groups in total. The van der Waals surface area contributed by atoms with E-state index in [-0.39, 0.29) is 5.54 Å². The predicted molar refractivity (Wildman–Crippen MR) is 71.8 cm³/mol. The minimum atomic E-state index is -0.00167. The molecule has 1 aliphatic heterocycles. The van der Waals surface area contributed by atoms with Crippen molar-refractivity contribution in [3.8, 4) is 0 Å². The molecule has 0 saturated heterocycles. The van der Waals surface area contributed by atoms with Crippen LogP contribution in [0.1, 0.15) is 27.7 Å². The van der Waals surface area contributed by atoms with Crippen molar-refractivity contribution in [2.24, 2.45) is 5.10 Å². The summed E-state index contributed by atoms with van der Waals surface area (Å²) < 4.78 is 4.31.